The van der Waals surface area contributed by atoms with E-state index < -0.39 is 24.0 Å². The summed E-state index contributed by atoms with van der Waals surface area (Å²) in [6.07, 6.45) is -0.973. The number of imide groups is 1. The maximum atomic E-state index is 13.1. The van der Waals surface area contributed by atoms with Crippen molar-refractivity contribution < 1.29 is 19.1 Å². The van der Waals surface area contributed by atoms with Crippen LogP contribution in [0.5, 0.6) is 0 Å². The molecule has 1 aliphatic rings. The highest BCUT2D eigenvalue weighted by molar-refractivity contribution is 6.14. The van der Waals surface area contributed by atoms with E-state index in [4.69, 9.17) is 0 Å². The van der Waals surface area contributed by atoms with E-state index in [-0.39, 0.29) is 12.5 Å². The third-order valence-corrected chi connectivity index (χ3v) is 4.90. The van der Waals surface area contributed by atoms with Gasteiger partial charge in [-0.2, -0.15) is 0 Å². The normalized spacial score (nSPS) is 18.5. The van der Waals surface area contributed by atoms with Crippen molar-refractivity contribution in [1.29, 1.82) is 0 Å². The number of anilines is 1. The number of hydrogen-bond donors (Lipinski definition) is 1. The standard InChI is InChI=1S/C21H23FN2O3/c1-13(2)15-4-6-16(7-5-15)19(25)12-23-20(26)14(3)24(21(23)27)18-10-8-17(22)9-11-18/h4-11,13-14,19,25H,12H2,1-3H3/t14-,19+/m1/s1. The summed E-state index contributed by atoms with van der Waals surface area (Å²) in [5, 5.41) is 10.5. The van der Waals surface area contributed by atoms with Crippen molar-refractivity contribution in [2.24, 2.45) is 0 Å². The average Bonchev–Trinajstić information content (AvgIpc) is 2.86. The molecule has 2 aromatic rings. The van der Waals surface area contributed by atoms with E-state index in [0.29, 0.717) is 17.2 Å². The third-order valence-electron chi connectivity index (χ3n) is 4.90. The second kappa shape index (κ2) is 7.48. The van der Waals surface area contributed by atoms with Crippen LogP contribution in [0.25, 0.3) is 0 Å². The van der Waals surface area contributed by atoms with Gasteiger partial charge in [0.1, 0.15) is 11.9 Å². The van der Waals surface area contributed by atoms with Crippen molar-refractivity contribution in [3.8, 4) is 0 Å². The molecule has 1 aliphatic heterocycles. The molecular formula is C21H23FN2O3. The minimum absolute atomic E-state index is 0.124. The van der Waals surface area contributed by atoms with Gasteiger partial charge in [0.2, 0.25) is 0 Å². The number of β-amino-alcohol motifs (C(OH)–C–C–N with tert-alkyl or cyclic N) is 1. The molecule has 0 saturated carbocycles. The van der Waals surface area contributed by atoms with Crippen LogP contribution in [-0.4, -0.2) is 34.5 Å². The zero-order valence-electron chi connectivity index (χ0n) is 15.6. The third kappa shape index (κ3) is 3.71. The topological polar surface area (TPSA) is 60.9 Å². The first-order valence-corrected chi connectivity index (χ1v) is 8.97. The van der Waals surface area contributed by atoms with Crippen LogP contribution in [0.15, 0.2) is 48.5 Å². The van der Waals surface area contributed by atoms with E-state index in [2.05, 4.69) is 13.8 Å². The van der Waals surface area contributed by atoms with E-state index in [9.17, 15) is 19.1 Å². The fourth-order valence-corrected chi connectivity index (χ4v) is 3.21. The van der Waals surface area contributed by atoms with Crippen LogP contribution >= 0.6 is 0 Å². The molecule has 1 saturated heterocycles. The first kappa shape index (κ1) is 19.0. The van der Waals surface area contributed by atoms with Gasteiger partial charge in [-0.1, -0.05) is 38.1 Å². The molecule has 3 amide bonds. The van der Waals surface area contributed by atoms with Gasteiger partial charge in [0.05, 0.1) is 12.6 Å². The van der Waals surface area contributed by atoms with Gasteiger partial charge in [-0.15, -0.1) is 0 Å². The average molecular weight is 370 g/mol. The molecule has 142 valence electrons. The molecule has 0 bridgehead atoms. The molecule has 0 aliphatic carbocycles. The molecule has 3 rings (SSSR count). The van der Waals surface area contributed by atoms with Gasteiger partial charge < -0.3 is 5.11 Å². The Morgan fingerprint density at radius 3 is 2.11 bits per heavy atom. The number of carbonyl (C=O) groups is 2. The smallest absolute Gasteiger partial charge is 0.332 e. The monoisotopic (exact) mass is 370 g/mol. The highest BCUT2D eigenvalue weighted by atomic mass is 19.1. The number of urea groups is 1. The second-order valence-electron chi connectivity index (χ2n) is 7.09. The van der Waals surface area contributed by atoms with E-state index in [1.807, 2.05) is 24.3 Å². The van der Waals surface area contributed by atoms with Gasteiger partial charge in [0.15, 0.2) is 0 Å². The summed E-state index contributed by atoms with van der Waals surface area (Å²) in [5.74, 6) is -0.424. The Morgan fingerprint density at radius 1 is 1.00 bits per heavy atom. The Kier molecular flexibility index (Phi) is 5.28. The Bertz CT molecular complexity index is 834. The molecule has 1 N–H and O–H groups in total. The van der Waals surface area contributed by atoms with Crippen molar-refractivity contribution in [3.63, 3.8) is 0 Å². The lowest BCUT2D eigenvalue weighted by molar-refractivity contribution is -0.127. The summed E-state index contributed by atoms with van der Waals surface area (Å²) < 4.78 is 13.1. The highest BCUT2D eigenvalue weighted by Gasteiger charge is 2.44. The quantitative estimate of drug-likeness (QED) is 0.814. The summed E-state index contributed by atoms with van der Waals surface area (Å²) in [4.78, 5) is 27.7. The van der Waals surface area contributed by atoms with E-state index in [1.165, 1.54) is 29.2 Å². The minimum Gasteiger partial charge on any atom is -0.387 e. The van der Waals surface area contributed by atoms with Crippen LogP contribution in [0.3, 0.4) is 0 Å². The maximum Gasteiger partial charge on any atom is 0.332 e. The molecule has 0 radical (unpaired) electrons. The van der Waals surface area contributed by atoms with Crippen LogP contribution in [0.2, 0.25) is 0 Å². The number of carbonyl (C=O) groups excluding carboxylic acids is 2. The Hall–Kier alpha value is -2.73. The lowest BCUT2D eigenvalue weighted by Gasteiger charge is -2.21. The van der Waals surface area contributed by atoms with E-state index in [0.717, 1.165) is 10.5 Å². The van der Waals surface area contributed by atoms with Crippen molar-refractivity contribution in [2.75, 3.05) is 11.4 Å². The number of hydrogen-bond acceptors (Lipinski definition) is 3. The van der Waals surface area contributed by atoms with Crippen molar-refractivity contribution in [2.45, 2.75) is 38.8 Å². The van der Waals surface area contributed by atoms with Crippen LogP contribution in [0.4, 0.5) is 14.9 Å². The van der Waals surface area contributed by atoms with Gasteiger partial charge in [0.25, 0.3) is 5.91 Å². The van der Waals surface area contributed by atoms with Gasteiger partial charge in [-0.3, -0.25) is 14.6 Å². The number of amides is 3. The lowest BCUT2D eigenvalue weighted by atomic mass is 10.00. The number of benzene rings is 2. The Morgan fingerprint density at radius 2 is 1.56 bits per heavy atom. The summed E-state index contributed by atoms with van der Waals surface area (Å²) in [6, 6.07) is 11.7. The Balaban J connectivity index is 1.77. The molecule has 6 heteroatoms. The lowest BCUT2D eigenvalue weighted by Crippen LogP contribution is -2.36. The zero-order chi connectivity index (χ0) is 19.7. The van der Waals surface area contributed by atoms with Crippen molar-refractivity contribution in [3.05, 3.63) is 65.5 Å². The second-order valence-corrected chi connectivity index (χ2v) is 7.09. The fourth-order valence-electron chi connectivity index (χ4n) is 3.21. The van der Waals surface area contributed by atoms with E-state index in [1.54, 1.807) is 6.92 Å². The molecule has 0 unspecified atom stereocenters. The molecule has 0 aromatic heterocycles. The summed E-state index contributed by atoms with van der Waals surface area (Å²) in [5.41, 5.74) is 2.24. The molecule has 5 nitrogen and oxygen atoms in total. The first-order valence-electron chi connectivity index (χ1n) is 8.97. The summed E-state index contributed by atoms with van der Waals surface area (Å²) >= 11 is 0. The SMILES string of the molecule is CC(C)c1ccc([C@@H](O)CN2C(=O)[C@@H](C)N(c3ccc(F)cc3)C2=O)cc1. The molecule has 0 spiro atoms. The molecular weight excluding hydrogens is 347 g/mol. The van der Waals surface area contributed by atoms with Crippen LogP contribution in [-0.2, 0) is 4.79 Å². The number of halogens is 1. The zero-order valence-corrected chi connectivity index (χ0v) is 15.6. The summed E-state index contributed by atoms with van der Waals surface area (Å²) in [6.45, 7) is 5.66. The Labute approximate surface area is 158 Å². The maximum absolute atomic E-state index is 13.1. The molecule has 1 heterocycles. The summed E-state index contributed by atoms with van der Waals surface area (Å²) in [7, 11) is 0. The molecule has 27 heavy (non-hydrogen) atoms. The van der Waals surface area contributed by atoms with Crippen LogP contribution in [0, 0.1) is 5.82 Å². The molecule has 1 fully saturated rings. The van der Waals surface area contributed by atoms with Gasteiger partial charge in [-0.05, 0) is 48.2 Å². The van der Waals surface area contributed by atoms with Crippen molar-refractivity contribution >= 4 is 17.6 Å². The minimum atomic E-state index is -0.973. The fraction of sp³-hybridized carbons (Fsp3) is 0.333. The first-order chi connectivity index (χ1) is 12.8. The predicted molar refractivity (Wildman–Crippen MR) is 101 cm³/mol. The molecule has 2 aromatic carbocycles. The van der Waals surface area contributed by atoms with Crippen LogP contribution in [0.1, 0.15) is 43.9 Å². The van der Waals surface area contributed by atoms with Crippen LogP contribution < -0.4 is 4.90 Å². The van der Waals surface area contributed by atoms with Gasteiger partial charge in [0, 0.05) is 5.69 Å². The predicted octanol–water partition coefficient (Wildman–Crippen LogP) is 3.84. The van der Waals surface area contributed by atoms with Gasteiger partial charge in [-0.25, -0.2) is 9.18 Å². The molecule has 2 atom stereocenters. The number of aliphatic hydroxyl groups is 1. The van der Waals surface area contributed by atoms with E-state index >= 15 is 0 Å². The largest absolute Gasteiger partial charge is 0.387 e. The highest BCUT2D eigenvalue weighted by Crippen LogP contribution is 2.28. The van der Waals surface area contributed by atoms with Crippen molar-refractivity contribution in [1.82, 2.24) is 4.90 Å². The number of aliphatic hydroxyl groups excluding tert-OH is 1. The number of nitrogens with zero attached hydrogens (tertiary/aromatic N) is 2. The number of rotatable bonds is 5. The van der Waals surface area contributed by atoms with Gasteiger partial charge >= 0.3 is 6.03 Å².